The molecule has 1 N–H and O–H groups in total. The molecule has 0 bridgehead atoms. The van der Waals surface area contributed by atoms with Crippen LogP contribution in [-0.4, -0.2) is 14.5 Å². The number of hydrogen-bond donors (Lipinski definition) is 1. The lowest BCUT2D eigenvalue weighted by Gasteiger charge is -2.05. The summed E-state index contributed by atoms with van der Waals surface area (Å²) in [5.74, 6) is 0. The number of pyridine rings is 1. The SMILES string of the molecule is CC(O)c1cnc2c(Cl)cc(Br)cn12. The Labute approximate surface area is 94.5 Å². The molecule has 2 aromatic rings. The van der Waals surface area contributed by atoms with Crippen LogP contribution >= 0.6 is 27.5 Å². The molecule has 1 unspecified atom stereocenters. The van der Waals surface area contributed by atoms with Gasteiger partial charge in [0.05, 0.1) is 23.0 Å². The highest BCUT2D eigenvalue weighted by Crippen LogP contribution is 2.24. The minimum absolute atomic E-state index is 0.560. The summed E-state index contributed by atoms with van der Waals surface area (Å²) >= 11 is 9.32. The first-order valence-corrected chi connectivity index (χ1v) is 5.27. The fraction of sp³-hybridized carbons (Fsp3) is 0.222. The molecule has 0 aliphatic rings. The number of aliphatic hydroxyl groups is 1. The van der Waals surface area contributed by atoms with Crippen molar-refractivity contribution in [3.05, 3.63) is 33.6 Å². The monoisotopic (exact) mass is 274 g/mol. The van der Waals surface area contributed by atoms with Crippen LogP contribution in [0.15, 0.2) is 22.9 Å². The van der Waals surface area contributed by atoms with Crippen LogP contribution in [0.4, 0.5) is 0 Å². The van der Waals surface area contributed by atoms with Gasteiger partial charge in [-0.15, -0.1) is 0 Å². The van der Waals surface area contributed by atoms with Crippen LogP contribution in [0.3, 0.4) is 0 Å². The smallest absolute Gasteiger partial charge is 0.155 e. The normalized spacial score (nSPS) is 13.4. The number of rotatable bonds is 1. The molecule has 0 aliphatic heterocycles. The van der Waals surface area contributed by atoms with Crippen LogP contribution in [0.25, 0.3) is 5.65 Å². The van der Waals surface area contributed by atoms with Crippen LogP contribution in [-0.2, 0) is 0 Å². The van der Waals surface area contributed by atoms with Crippen molar-refractivity contribution in [2.24, 2.45) is 0 Å². The minimum atomic E-state index is -0.560. The van der Waals surface area contributed by atoms with Crippen molar-refractivity contribution in [2.45, 2.75) is 13.0 Å². The van der Waals surface area contributed by atoms with Crippen LogP contribution in [0.2, 0.25) is 5.02 Å². The molecule has 2 rings (SSSR count). The predicted molar refractivity (Wildman–Crippen MR) is 58.5 cm³/mol. The number of nitrogens with zero attached hydrogens (tertiary/aromatic N) is 2. The highest BCUT2D eigenvalue weighted by atomic mass is 79.9. The number of imidazole rings is 1. The second kappa shape index (κ2) is 3.53. The van der Waals surface area contributed by atoms with Crippen molar-refractivity contribution in [1.29, 1.82) is 0 Å². The van der Waals surface area contributed by atoms with E-state index in [0.717, 1.165) is 10.2 Å². The molecule has 0 fully saturated rings. The second-order valence-corrected chi connectivity index (χ2v) is 4.38. The zero-order valence-corrected chi connectivity index (χ0v) is 9.75. The Hall–Kier alpha value is -0.580. The Morgan fingerprint density at radius 1 is 1.64 bits per heavy atom. The molecule has 0 aliphatic carbocycles. The van der Waals surface area contributed by atoms with Crippen molar-refractivity contribution < 1.29 is 5.11 Å². The average Bonchev–Trinajstić information content (AvgIpc) is 2.47. The van der Waals surface area contributed by atoms with Crippen molar-refractivity contribution in [2.75, 3.05) is 0 Å². The minimum Gasteiger partial charge on any atom is -0.387 e. The van der Waals surface area contributed by atoms with Crippen molar-refractivity contribution in [3.63, 3.8) is 0 Å². The quantitative estimate of drug-likeness (QED) is 0.869. The zero-order chi connectivity index (χ0) is 10.3. The first-order valence-electron chi connectivity index (χ1n) is 4.09. The van der Waals surface area contributed by atoms with Gasteiger partial charge in [-0.25, -0.2) is 4.98 Å². The summed E-state index contributed by atoms with van der Waals surface area (Å²) in [6, 6.07) is 1.77. The highest BCUT2D eigenvalue weighted by molar-refractivity contribution is 9.10. The van der Waals surface area contributed by atoms with E-state index in [1.807, 2.05) is 6.20 Å². The van der Waals surface area contributed by atoms with Gasteiger partial charge >= 0.3 is 0 Å². The summed E-state index contributed by atoms with van der Waals surface area (Å²) in [7, 11) is 0. The molecule has 2 heterocycles. The maximum absolute atomic E-state index is 9.47. The first kappa shape index (κ1) is 9.96. The molecule has 5 heteroatoms. The van der Waals surface area contributed by atoms with E-state index in [1.165, 1.54) is 0 Å². The van der Waals surface area contributed by atoms with Crippen molar-refractivity contribution >= 4 is 33.2 Å². The van der Waals surface area contributed by atoms with E-state index in [4.69, 9.17) is 11.6 Å². The molecular formula is C9H8BrClN2O. The Balaban J connectivity index is 2.78. The van der Waals surface area contributed by atoms with Crippen molar-refractivity contribution in [1.82, 2.24) is 9.38 Å². The highest BCUT2D eigenvalue weighted by Gasteiger charge is 2.10. The van der Waals surface area contributed by atoms with Gasteiger partial charge in [0.25, 0.3) is 0 Å². The molecule has 14 heavy (non-hydrogen) atoms. The fourth-order valence-electron chi connectivity index (χ4n) is 1.34. The van der Waals surface area contributed by atoms with Gasteiger partial charge in [-0.1, -0.05) is 11.6 Å². The fourth-order valence-corrected chi connectivity index (χ4v) is 2.16. The average molecular weight is 276 g/mol. The number of hydrogen-bond acceptors (Lipinski definition) is 2. The Morgan fingerprint density at radius 2 is 2.36 bits per heavy atom. The molecular weight excluding hydrogens is 267 g/mol. The van der Waals surface area contributed by atoms with Crippen molar-refractivity contribution in [3.8, 4) is 0 Å². The largest absolute Gasteiger partial charge is 0.387 e. The third kappa shape index (κ3) is 1.54. The van der Waals surface area contributed by atoms with Gasteiger partial charge in [0, 0.05) is 10.7 Å². The first-order chi connectivity index (χ1) is 6.59. The molecule has 0 saturated carbocycles. The van der Waals surface area contributed by atoms with Crippen LogP contribution in [0, 0.1) is 0 Å². The third-order valence-electron chi connectivity index (χ3n) is 1.98. The maximum Gasteiger partial charge on any atom is 0.155 e. The van der Waals surface area contributed by atoms with Gasteiger partial charge < -0.3 is 5.11 Å². The molecule has 1 atom stereocenters. The topological polar surface area (TPSA) is 37.5 Å². The van der Waals surface area contributed by atoms with E-state index in [9.17, 15) is 5.11 Å². The van der Waals surface area contributed by atoms with Gasteiger partial charge in [-0.3, -0.25) is 4.40 Å². The Morgan fingerprint density at radius 3 is 3.00 bits per heavy atom. The molecule has 0 amide bonds. The summed E-state index contributed by atoms with van der Waals surface area (Å²) < 4.78 is 2.63. The van der Waals surface area contributed by atoms with Crippen LogP contribution < -0.4 is 0 Å². The lowest BCUT2D eigenvalue weighted by atomic mass is 10.3. The summed E-state index contributed by atoms with van der Waals surface area (Å²) in [6.45, 7) is 1.69. The van der Waals surface area contributed by atoms with E-state index in [0.29, 0.717) is 10.7 Å². The molecule has 2 aromatic heterocycles. The lowest BCUT2D eigenvalue weighted by molar-refractivity contribution is 0.193. The number of aromatic nitrogens is 2. The van der Waals surface area contributed by atoms with E-state index in [2.05, 4.69) is 20.9 Å². The van der Waals surface area contributed by atoms with E-state index >= 15 is 0 Å². The summed E-state index contributed by atoms with van der Waals surface area (Å²) in [5.41, 5.74) is 1.38. The zero-order valence-electron chi connectivity index (χ0n) is 7.41. The van der Waals surface area contributed by atoms with Crippen LogP contribution in [0.5, 0.6) is 0 Å². The predicted octanol–water partition coefficient (Wildman–Crippen LogP) is 2.80. The Bertz CT molecular complexity index is 481. The second-order valence-electron chi connectivity index (χ2n) is 3.06. The number of fused-ring (bicyclic) bond motifs is 1. The van der Waals surface area contributed by atoms with Gasteiger partial charge in [-0.05, 0) is 28.9 Å². The summed E-state index contributed by atoms with van der Waals surface area (Å²) in [5, 5.41) is 10.0. The number of aliphatic hydroxyl groups excluding tert-OH is 1. The Kier molecular flexibility index (Phi) is 2.51. The van der Waals surface area contributed by atoms with Crippen LogP contribution in [0.1, 0.15) is 18.7 Å². The van der Waals surface area contributed by atoms with E-state index in [-0.39, 0.29) is 0 Å². The summed E-state index contributed by atoms with van der Waals surface area (Å²) in [6.07, 6.45) is 2.89. The third-order valence-corrected chi connectivity index (χ3v) is 2.70. The summed E-state index contributed by atoms with van der Waals surface area (Å²) in [4.78, 5) is 4.13. The van der Waals surface area contributed by atoms with E-state index < -0.39 is 6.10 Å². The molecule has 0 aromatic carbocycles. The molecule has 74 valence electrons. The van der Waals surface area contributed by atoms with Gasteiger partial charge in [0.1, 0.15) is 0 Å². The van der Waals surface area contributed by atoms with Gasteiger partial charge in [-0.2, -0.15) is 0 Å². The van der Waals surface area contributed by atoms with E-state index in [1.54, 1.807) is 23.6 Å². The molecule has 0 radical (unpaired) electrons. The lowest BCUT2D eigenvalue weighted by Crippen LogP contribution is -1.97. The maximum atomic E-state index is 9.47. The van der Waals surface area contributed by atoms with Gasteiger partial charge in [0.15, 0.2) is 5.65 Å². The molecule has 0 spiro atoms. The molecule has 3 nitrogen and oxygen atoms in total. The standard InChI is InChI=1S/C9H8BrClN2O/c1-5(14)8-3-12-9-7(11)2-6(10)4-13(8)9/h2-5,14H,1H3. The number of halogens is 2. The molecule has 0 saturated heterocycles. The van der Waals surface area contributed by atoms with Gasteiger partial charge in [0.2, 0.25) is 0 Å².